The fourth-order valence-corrected chi connectivity index (χ4v) is 2.99. The number of nitrogens with zero attached hydrogens (tertiary/aromatic N) is 1. The van der Waals surface area contributed by atoms with E-state index in [1.807, 2.05) is 6.92 Å². The third kappa shape index (κ3) is 13.2. The third-order valence-corrected chi connectivity index (χ3v) is 5.44. The van der Waals surface area contributed by atoms with Gasteiger partial charge in [0, 0.05) is 49.1 Å². The predicted octanol–water partition coefficient (Wildman–Crippen LogP) is 8.11. The summed E-state index contributed by atoms with van der Waals surface area (Å²) in [5, 5.41) is 8.36. The minimum Gasteiger partial charge on any atom is -0.491 e. The van der Waals surface area contributed by atoms with Crippen molar-refractivity contribution in [3.8, 4) is 5.75 Å². The first-order chi connectivity index (χ1) is 18.4. The van der Waals surface area contributed by atoms with Gasteiger partial charge in [-0.1, -0.05) is 33.3 Å². The van der Waals surface area contributed by atoms with E-state index in [2.05, 4.69) is 41.4 Å². The summed E-state index contributed by atoms with van der Waals surface area (Å²) in [5.41, 5.74) is 0.740. The SMILES string of the molecule is C=C(Nc1ccc(NC(=O)NCCC(C)(C)F)cc1)c1c(F)cc(OCC(C)OC)cc1N=CC.CCCC. The van der Waals surface area contributed by atoms with Crippen LogP contribution in [-0.2, 0) is 4.74 Å². The second kappa shape index (κ2) is 17.2. The number of nitrogens with one attached hydrogen (secondary N) is 3. The minimum absolute atomic E-state index is 0.140. The molecule has 2 aromatic carbocycles. The number of halogens is 2. The average Bonchev–Trinajstić information content (AvgIpc) is 2.87. The Kier molecular flexibility index (Phi) is 14.8. The van der Waals surface area contributed by atoms with Crippen LogP contribution in [0.15, 0.2) is 48.0 Å². The molecule has 9 heteroatoms. The number of carbonyl (C=O) groups is 1. The van der Waals surface area contributed by atoms with Crippen molar-refractivity contribution in [2.45, 2.75) is 72.6 Å². The van der Waals surface area contributed by atoms with Crippen molar-refractivity contribution in [1.82, 2.24) is 5.32 Å². The van der Waals surface area contributed by atoms with Gasteiger partial charge in [-0.3, -0.25) is 4.99 Å². The van der Waals surface area contributed by atoms with Gasteiger partial charge in [-0.15, -0.1) is 0 Å². The van der Waals surface area contributed by atoms with Crippen LogP contribution in [0, 0.1) is 5.82 Å². The van der Waals surface area contributed by atoms with Gasteiger partial charge < -0.3 is 25.4 Å². The lowest BCUT2D eigenvalue weighted by Crippen LogP contribution is -2.32. The predicted molar refractivity (Wildman–Crippen MR) is 159 cm³/mol. The zero-order valence-corrected chi connectivity index (χ0v) is 24.3. The molecule has 1 unspecified atom stereocenters. The van der Waals surface area contributed by atoms with Gasteiger partial charge >= 0.3 is 6.03 Å². The van der Waals surface area contributed by atoms with Crippen molar-refractivity contribution >= 4 is 35.0 Å². The lowest BCUT2D eigenvalue weighted by atomic mass is 10.1. The first-order valence-corrected chi connectivity index (χ1v) is 13.2. The molecule has 2 rings (SSSR count). The van der Waals surface area contributed by atoms with Crippen LogP contribution in [0.5, 0.6) is 5.75 Å². The highest BCUT2D eigenvalue weighted by Gasteiger charge is 2.16. The van der Waals surface area contributed by atoms with Crippen LogP contribution in [0.1, 0.15) is 66.4 Å². The van der Waals surface area contributed by atoms with Crippen molar-refractivity contribution in [2.75, 3.05) is 30.9 Å². The number of rotatable bonds is 13. The van der Waals surface area contributed by atoms with Crippen LogP contribution >= 0.6 is 0 Å². The normalized spacial score (nSPS) is 11.8. The van der Waals surface area contributed by atoms with Crippen LogP contribution in [-0.4, -0.2) is 44.3 Å². The summed E-state index contributed by atoms with van der Waals surface area (Å²) in [6, 6.07) is 9.31. The summed E-state index contributed by atoms with van der Waals surface area (Å²) in [7, 11) is 1.58. The molecule has 2 aromatic rings. The Morgan fingerprint density at radius 3 is 2.23 bits per heavy atom. The molecule has 0 aromatic heterocycles. The van der Waals surface area contributed by atoms with Gasteiger partial charge in [-0.2, -0.15) is 0 Å². The van der Waals surface area contributed by atoms with E-state index in [1.54, 1.807) is 50.6 Å². The van der Waals surface area contributed by atoms with Gasteiger partial charge in [0.25, 0.3) is 0 Å². The van der Waals surface area contributed by atoms with Crippen LogP contribution in [0.3, 0.4) is 0 Å². The lowest BCUT2D eigenvalue weighted by Gasteiger charge is -2.16. The Bertz CT molecular complexity index is 1070. The quantitative estimate of drug-likeness (QED) is 0.222. The molecule has 0 aliphatic carbocycles. The fourth-order valence-electron chi connectivity index (χ4n) is 2.99. The number of unbranched alkanes of at least 4 members (excludes halogenated alkanes) is 1. The number of amides is 2. The molecule has 0 saturated carbocycles. The Hall–Kier alpha value is -3.46. The van der Waals surface area contributed by atoms with Gasteiger partial charge in [-0.25, -0.2) is 13.6 Å². The molecule has 0 heterocycles. The molecule has 0 fully saturated rings. The van der Waals surface area contributed by atoms with Crippen molar-refractivity contribution in [3.63, 3.8) is 0 Å². The third-order valence-electron chi connectivity index (χ3n) is 5.44. The Morgan fingerprint density at radius 2 is 1.72 bits per heavy atom. The molecule has 0 spiro atoms. The highest BCUT2D eigenvalue weighted by molar-refractivity contribution is 5.90. The molecule has 0 aliphatic heterocycles. The van der Waals surface area contributed by atoms with Crippen LogP contribution in [0.25, 0.3) is 5.70 Å². The molecule has 0 radical (unpaired) electrons. The number of ether oxygens (including phenoxy) is 2. The van der Waals surface area contributed by atoms with E-state index in [0.29, 0.717) is 28.5 Å². The largest absolute Gasteiger partial charge is 0.491 e. The number of benzene rings is 2. The van der Waals surface area contributed by atoms with Crippen LogP contribution in [0.4, 0.5) is 30.6 Å². The average molecular weight is 547 g/mol. The number of urea groups is 1. The molecule has 216 valence electrons. The van der Waals surface area contributed by atoms with E-state index in [4.69, 9.17) is 9.47 Å². The zero-order valence-electron chi connectivity index (χ0n) is 24.3. The first kappa shape index (κ1) is 33.6. The summed E-state index contributed by atoms with van der Waals surface area (Å²) < 4.78 is 39.3. The Balaban J connectivity index is 0.00000177. The first-order valence-electron chi connectivity index (χ1n) is 13.2. The smallest absolute Gasteiger partial charge is 0.319 e. The minimum atomic E-state index is -1.35. The van der Waals surface area contributed by atoms with Gasteiger partial charge in [0.05, 0.1) is 17.4 Å². The maximum absolute atomic E-state index is 15.0. The number of methoxy groups -OCH3 is 1. The van der Waals surface area contributed by atoms with Crippen molar-refractivity contribution in [2.24, 2.45) is 4.99 Å². The molecular formula is C30H44F2N4O3. The highest BCUT2D eigenvalue weighted by Crippen LogP contribution is 2.33. The summed E-state index contributed by atoms with van der Waals surface area (Å²) in [4.78, 5) is 16.2. The van der Waals surface area contributed by atoms with Crippen molar-refractivity contribution in [1.29, 1.82) is 0 Å². The molecule has 3 N–H and O–H groups in total. The number of carbonyl (C=O) groups excluding carboxylic acids is 1. The van der Waals surface area contributed by atoms with Gasteiger partial charge in [0.15, 0.2) is 0 Å². The molecular weight excluding hydrogens is 502 g/mol. The van der Waals surface area contributed by atoms with Crippen LogP contribution < -0.4 is 20.7 Å². The van der Waals surface area contributed by atoms with E-state index >= 15 is 4.39 Å². The molecule has 1 atom stereocenters. The molecule has 0 saturated heterocycles. The van der Waals surface area contributed by atoms with Gasteiger partial charge in [0.2, 0.25) is 0 Å². The molecule has 39 heavy (non-hydrogen) atoms. The lowest BCUT2D eigenvalue weighted by molar-refractivity contribution is 0.0715. The number of hydrogen-bond donors (Lipinski definition) is 3. The maximum atomic E-state index is 15.0. The molecule has 0 bridgehead atoms. The molecule has 0 aliphatic rings. The standard InChI is InChI=1S/C26H34F2N4O3.C4H10/c1-7-29-23-15-21(35-16-17(2)34-6)14-22(27)24(23)18(3)31-19-8-10-20(11-9-19)32-25(33)30-13-12-26(4,5)28;1-3-4-2/h7-11,14-15,17,31H,3,12-13,16H2,1-2,4-6H3,(H2,30,32,33);3-4H2,1-2H3. The van der Waals surface area contributed by atoms with E-state index in [0.717, 1.165) is 0 Å². The second-order valence-corrected chi connectivity index (χ2v) is 9.57. The number of hydrogen-bond acceptors (Lipinski definition) is 5. The summed E-state index contributed by atoms with van der Waals surface area (Å²) >= 11 is 0. The van der Waals surface area contributed by atoms with Gasteiger partial charge in [-0.05, 0) is 58.4 Å². The summed E-state index contributed by atoms with van der Waals surface area (Å²) in [6.07, 6.45) is 4.27. The van der Waals surface area contributed by atoms with E-state index < -0.39 is 17.5 Å². The summed E-state index contributed by atoms with van der Waals surface area (Å²) in [5.74, 6) is -0.190. The fraction of sp³-hybridized carbons (Fsp3) is 0.467. The topological polar surface area (TPSA) is 84.0 Å². The number of alkyl halides is 1. The zero-order chi connectivity index (χ0) is 29.4. The summed E-state index contributed by atoms with van der Waals surface area (Å²) in [6.45, 7) is 15.3. The van der Waals surface area contributed by atoms with Crippen molar-refractivity contribution < 1.29 is 23.0 Å². The number of aliphatic imine (C=N–C) groups is 1. The molecule has 7 nitrogen and oxygen atoms in total. The van der Waals surface area contributed by atoms with Crippen molar-refractivity contribution in [3.05, 3.63) is 54.4 Å². The van der Waals surface area contributed by atoms with E-state index in [9.17, 15) is 9.18 Å². The Labute approximate surface area is 232 Å². The second-order valence-electron chi connectivity index (χ2n) is 9.57. The van der Waals surface area contributed by atoms with Crippen LogP contribution in [0.2, 0.25) is 0 Å². The van der Waals surface area contributed by atoms with Gasteiger partial charge in [0.1, 0.15) is 23.8 Å². The molecule has 2 amide bonds. The van der Waals surface area contributed by atoms with E-state index in [1.165, 1.54) is 32.8 Å². The maximum Gasteiger partial charge on any atom is 0.319 e. The monoisotopic (exact) mass is 546 g/mol. The van der Waals surface area contributed by atoms with E-state index in [-0.39, 0.29) is 31.2 Å². The Morgan fingerprint density at radius 1 is 1.13 bits per heavy atom. The highest BCUT2D eigenvalue weighted by atomic mass is 19.1. The number of anilines is 2.